The molecular weight excluding hydrogens is 339 g/mol. The summed E-state index contributed by atoms with van der Waals surface area (Å²) >= 11 is 12.9. The van der Waals surface area contributed by atoms with E-state index in [1.165, 1.54) is 77.0 Å². The molecule has 0 unspecified atom stereocenters. The van der Waals surface area contributed by atoms with E-state index in [0.717, 1.165) is 12.8 Å². The maximum Gasteiger partial charge on any atom is 0.295 e. The fourth-order valence-electron chi connectivity index (χ4n) is 2.62. The second kappa shape index (κ2) is 17.1. The van der Waals surface area contributed by atoms with Gasteiger partial charge in [-0.05, 0) is 25.7 Å². The van der Waals surface area contributed by atoms with Crippen molar-refractivity contribution in [1.29, 1.82) is 0 Å². The molecule has 23 heavy (non-hydrogen) atoms. The van der Waals surface area contributed by atoms with Crippen LogP contribution < -0.4 is 0 Å². The second-order valence-electron chi connectivity index (χ2n) is 6.59. The molecule has 0 spiro atoms. The SMILES string of the molecule is CCCCCCCCC=C[Si](Cl)(Cl)C=CCCCCCCCC. The van der Waals surface area contributed by atoms with Gasteiger partial charge in [-0.25, -0.2) is 0 Å². The van der Waals surface area contributed by atoms with E-state index in [0.29, 0.717) is 0 Å². The number of hydrogen-bond donors (Lipinski definition) is 0. The Morgan fingerprint density at radius 3 is 1.30 bits per heavy atom. The van der Waals surface area contributed by atoms with Crippen LogP contribution in [0.2, 0.25) is 0 Å². The predicted molar refractivity (Wildman–Crippen MR) is 112 cm³/mol. The van der Waals surface area contributed by atoms with Gasteiger partial charge in [0.1, 0.15) is 0 Å². The van der Waals surface area contributed by atoms with E-state index in [4.69, 9.17) is 22.2 Å². The van der Waals surface area contributed by atoms with Crippen molar-refractivity contribution in [3.8, 4) is 0 Å². The summed E-state index contributed by atoms with van der Waals surface area (Å²) in [6.45, 7) is 2.23. The molecule has 0 aromatic carbocycles. The number of halogens is 2. The Morgan fingerprint density at radius 1 is 0.565 bits per heavy atom. The summed E-state index contributed by atoms with van der Waals surface area (Å²) in [7, 11) is 0. The molecule has 0 bridgehead atoms. The summed E-state index contributed by atoms with van der Waals surface area (Å²) in [5.74, 6) is 0. The molecule has 0 radical (unpaired) electrons. The summed E-state index contributed by atoms with van der Waals surface area (Å²) in [5, 5.41) is 0. The smallest absolute Gasteiger partial charge is 0.135 e. The fraction of sp³-hybridized carbons (Fsp3) is 0.800. The van der Waals surface area contributed by atoms with Crippen LogP contribution in [-0.2, 0) is 0 Å². The first kappa shape index (κ1) is 23.3. The van der Waals surface area contributed by atoms with Gasteiger partial charge in [-0.3, -0.25) is 0 Å². The van der Waals surface area contributed by atoms with Crippen molar-refractivity contribution in [3.05, 3.63) is 23.6 Å². The van der Waals surface area contributed by atoms with E-state index in [-0.39, 0.29) is 0 Å². The largest absolute Gasteiger partial charge is 0.295 e. The minimum Gasteiger partial charge on any atom is -0.135 e. The zero-order valence-corrected chi connectivity index (χ0v) is 18.0. The molecule has 0 saturated heterocycles. The molecule has 0 rings (SSSR count). The van der Waals surface area contributed by atoms with Crippen molar-refractivity contribution in [3.63, 3.8) is 0 Å². The van der Waals surface area contributed by atoms with Crippen molar-refractivity contribution < 1.29 is 0 Å². The van der Waals surface area contributed by atoms with Crippen LogP contribution in [0, 0.1) is 0 Å². The van der Waals surface area contributed by atoms with E-state index in [2.05, 4.69) is 37.4 Å². The highest BCUT2D eigenvalue weighted by atomic mass is 35.7. The molecule has 0 aromatic rings. The van der Waals surface area contributed by atoms with Gasteiger partial charge in [-0.1, -0.05) is 102 Å². The lowest BCUT2D eigenvalue weighted by molar-refractivity contribution is 0.611. The van der Waals surface area contributed by atoms with Gasteiger partial charge in [0.2, 0.25) is 0 Å². The van der Waals surface area contributed by atoms with Gasteiger partial charge in [0, 0.05) is 0 Å². The highest BCUT2D eigenvalue weighted by Gasteiger charge is 2.19. The Hall–Kier alpha value is 0.277. The van der Waals surface area contributed by atoms with Crippen LogP contribution in [0.4, 0.5) is 0 Å². The lowest BCUT2D eigenvalue weighted by Crippen LogP contribution is -2.11. The van der Waals surface area contributed by atoms with Crippen molar-refractivity contribution in [2.24, 2.45) is 0 Å². The molecule has 3 heteroatoms. The number of hydrogen-bond acceptors (Lipinski definition) is 0. The molecule has 0 heterocycles. The van der Waals surface area contributed by atoms with Gasteiger partial charge >= 0.3 is 0 Å². The van der Waals surface area contributed by atoms with E-state index >= 15 is 0 Å². The Kier molecular flexibility index (Phi) is 17.3. The highest BCUT2D eigenvalue weighted by Crippen LogP contribution is 2.20. The van der Waals surface area contributed by atoms with E-state index < -0.39 is 6.69 Å². The Labute approximate surface area is 156 Å². The van der Waals surface area contributed by atoms with Crippen LogP contribution in [0.5, 0.6) is 0 Å². The van der Waals surface area contributed by atoms with Gasteiger partial charge in [0.25, 0.3) is 6.69 Å². The molecule has 0 aliphatic heterocycles. The van der Waals surface area contributed by atoms with Crippen molar-refractivity contribution in [1.82, 2.24) is 0 Å². The van der Waals surface area contributed by atoms with Gasteiger partial charge in [-0.15, -0.1) is 22.2 Å². The summed E-state index contributed by atoms with van der Waals surface area (Å²) in [5.41, 5.74) is 4.14. The second-order valence-corrected chi connectivity index (χ2v) is 12.9. The number of unbranched alkanes of at least 4 members (excludes halogenated alkanes) is 12. The maximum absolute atomic E-state index is 6.43. The van der Waals surface area contributed by atoms with Crippen molar-refractivity contribution in [2.45, 2.75) is 104 Å². The zero-order valence-electron chi connectivity index (χ0n) is 15.5. The van der Waals surface area contributed by atoms with Crippen LogP contribution >= 0.6 is 22.2 Å². The molecule has 0 fully saturated rings. The molecule has 136 valence electrons. The highest BCUT2D eigenvalue weighted by molar-refractivity contribution is 7.49. The third-order valence-electron chi connectivity index (χ3n) is 4.13. The average molecular weight is 378 g/mol. The van der Waals surface area contributed by atoms with E-state index in [1.807, 2.05) is 0 Å². The van der Waals surface area contributed by atoms with Gasteiger partial charge in [0.05, 0.1) is 0 Å². The van der Waals surface area contributed by atoms with Crippen molar-refractivity contribution >= 4 is 28.9 Å². The first-order valence-corrected chi connectivity index (χ1v) is 14.0. The summed E-state index contributed by atoms with van der Waals surface area (Å²) in [4.78, 5) is 0. The van der Waals surface area contributed by atoms with Crippen LogP contribution in [-0.4, -0.2) is 6.69 Å². The molecule has 0 amide bonds. The first-order chi connectivity index (χ1) is 11.1. The topological polar surface area (TPSA) is 0 Å². The van der Waals surface area contributed by atoms with Crippen LogP contribution in [0.15, 0.2) is 23.6 Å². The normalized spacial score (nSPS) is 12.7. The number of allylic oxidation sites excluding steroid dienone is 2. The molecule has 0 aliphatic carbocycles. The third-order valence-corrected chi connectivity index (χ3v) is 7.00. The molecule has 0 aromatic heterocycles. The first-order valence-electron chi connectivity index (χ1n) is 9.85. The summed E-state index contributed by atoms with van der Waals surface area (Å²) in [6.07, 6.45) is 22.7. The fourth-order valence-corrected chi connectivity index (χ4v) is 4.76. The van der Waals surface area contributed by atoms with Gasteiger partial charge in [-0.2, -0.15) is 0 Å². The quantitative estimate of drug-likeness (QED) is 0.143. The summed E-state index contributed by atoms with van der Waals surface area (Å²) < 4.78 is 0. The minimum atomic E-state index is -2.28. The molecular formula is C20H38Cl2Si. The van der Waals surface area contributed by atoms with Crippen LogP contribution in [0.1, 0.15) is 104 Å². The van der Waals surface area contributed by atoms with E-state index in [9.17, 15) is 0 Å². The standard InChI is InChI=1S/C20H38Cl2Si/c1-3-5-7-9-11-13-15-17-19-23(21,22)20-18-16-14-12-10-8-6-4-2/h17-20H,3-16H2,1-2H3. The van der Waals surface area contributed by atoms with E-state index in [1.54, 1.807) is 0 Å². The number of rotatable bonds is 16. The Morgan fingerprint density at radius 2 is 0.913 bits per heavy atom. The zero-order chi connectivity index (χ0) is 17.2. The van der Waals surface area contributed by atoms with Crippen molar-refractivity contribution in [2.75, 3.05) is 0 Å². The third kappa shape index (κ3) is 18.5. The summed E-state index contributed by atoms with van der Waals surface area (Å²) in [6, 6.07) is 0. The minimum absolute atomic E-state index is 1.12. The van der Waals surface area contributed by atoms with Crippen LogP contribution in [0.3, 0.4) is 0 Å². The van der Waals surface area contributed by atoms with Gasteiger partial charge in [0.15, 0.2) is 0 Å². The Bertz CT molecular complexity index is 270. The molecule has 0 atom stereocenters. The van der Waals surface area contributed by atoms with Crippen LogP contribution in [0.25, 0.3) is 0 Å². The van der Waals surface area contributed by atoms with Gasteiger partial charge < -0.3 is 0 Å². The Balaban J connectivity index is 3.61. The molecule has 0 saturated carbocycles. The lowest BCUT2D eigenvalue weighted by atomic mass is 10.1. The molecule has 0 nitrogen and oxygen atoms in total. The molecule has 0 N–H and O–H groups in total. The average Bonchev–Trinajstić information content (AvgIpc) is 2.52. The maximum atomic E-state index is 6.43. The molecule has 0 aliphatic rings. The predicted octanol–water partition coefficient (Wildman–Crippen LogP) is 8.60. The monoisotopic (exact) mass is 376 g/mol. The lowest BCUT2D eigenvalue weighted by Gasteiger charge is -2.05.